The van der Waals surface area contributed by atoms with E-state index in [1.165, 1.54) is 17.5 Å². The summed E-state index contributed by atoms with van der Waals surface area (Å²) in [5.41, 5.74) is 3.62. The van der Waals surface area contributed by atoms with Gasteiger partial charge >= 0.3 is 0 Å². The summed E-state index contributed by atoms with van der Waals surface area (Å²) in [4.78, 5) is 0. The zero-order valence-electron chi connectivity index (χ0n) is 13.5. The fourth-order valence-corrected chi connectivity index (χ4v) is 2.21. The summed E-state index contributed by atoms with van der Waals surface area (Å²) in [6.07, 6.45) is 1.19. The topological polar surface area (TPSA) is 0 Å². The van der Waals surface area contributed by atoms with Crippen LogP contribution >= 0.6 is 0 Å². The fraction of sp³-hybridized carbons (Fsp3) is 0.667. The lowest BCUT2D eigenvalue weighted by Gasteiger charge is -2.42. The van der Waals surface area contributed by atoms with Crippen LogP contribution in [0.5, 0.6) is 0 Å². The first kappa shape index (κ1) is 15.3. The fourth-order valence-electron chi connectivity index (χ4n) is 2.21. The predicted molar refractivity (Wildman–Crippen MR) is 82.2 cm³/mol. The molecule has 0 aromatic heterocycles. The zero-order valence-corrected chi connectivity index (χ0v) is 13.5. The van der Waals surface area contributed by atoms with Crippen molar-refractivity contribution < 1.29 is 0 Å². The molecule has 0 spiro atoms. The van der Waals surface area contributed by atoms with E-state index in [1.807, 2.05) is 0 Å². The first-order valence-electron chi connectivity index (χ1n) is 7.13. The quantitative estimate of drug-likeness (QED) is 0.642. The molecule has 1 rings (SSSR count). The Labute approximate surface area is 114 Å². The minimum atomic E-state index is 0.197. The number of rotatable bonds is 3. The Balaban J connectivity index is 3.26. The van der Waals surface area contributed by atoms with Crippen molar-refractivity contribution in [2.45, 2.75) is 72.6 Å². The van der Waals surface area contributed by atoms with Crippen molar-refractivity contribution in [2.24, 2.45) is 5.41 Å². The van der Waals surface area contributed by atoms with Gasteiger partial charge in [0.25, 0.3) is 0 Å². The summed E-state index contributed by atoms with van der Waals surface area (Å²) in [5, 5.41) is 0. The molecule has 0 heterocycles. The highest BCUT2D eigenvalue weighted by molar-refractivity contribution is 5.34. The van der Waals surface area contributed by atoms with Crippen LogP contribution in [0.4, 0.5) is 0 Å². The minimum Gasteiger partial charge on any atom is -0.0648 e. The largest absolute Gasteiger partial charge is 0.0648 e. The van der Waals surface area contributed by atoms with Crippen LogP contribution < -0.4 is 0 Å². The van der Waals surface area contributed by atoms with E-state index >= 15 is 0 Å². The summed E-state index contributed by atoms with van der Waals surface area (Å²) in [6.45, 7) is 18.6. The molecule has 1 aromatic carbocycles. The Morgan fingerprint density at radius 3 is 1.78 bits per heavy atom. The standard InChI is InChI=1S/C18H30/c1-9-17(5,6)18(7,8)15-12-10-11-14(13-15)16(2,3)4/h10-13H,9H2,1-8H3. The van der Waals surface area contributed by atoms with Gasteiger partial charge in [0.05, 0.1) is 0 Å². The Kier molecular flexibility index (Phi) is 4.00. The molecule has 0 saturated heterocycles. The van der Waals surface area contributed by atoms with E-state index in [9.17, 15) is 0 Å². The van der Waals surface area contributed by atoms with Crippen LogP contribution in [-0.2, 0) is 10.8 Å². The molecule has 0 aliphatic heterocycles. The van der Waals surface area contributed by atoms with E-state index in [0.717, 1.165) is 0 Å². The lowest BCUT2D eigenvalue weighted by atomic mass is 9.62. The monoisotopic (exact) mass is 246 g/mol. The summed E-state index contributed by atoms with van der Waals surface area (Å²) < 4.78 is 0. The highest BCUT2D eigenvalue weighted by Crippen LogP contribution is 2.44. The molecule has 0 saturated carbocycles. The SMILES string of the molecule is CCC(C)(C)C(C)(C)c1cccc(C(C)(C)C)c1. The van der Waals surface area contributed by atoms with Gasteiger partial charge in [0, 0.05) is 0 Å². The number of hydrogen-bond acceptors (Lipinski definition) is 0. The average Bonchev–Trinajstić information content (AvgIpc) is 2.28. The summed E-state index contributed by atoms with van der Waals surface area (Å²) in [7, 11) is 0. The second kappa shape index (κ2) is 4.72. The first-order chi connectivity index (χ1) is 8.02. The maximum Gasteiger partial charge on any atom is -0.00524 e. The second-order valence-electron chi connectivity index (χ2n) is 7.69. The Bertz CT molecular complexity index is 402. The van der Waals surface area contributed by atoms with Gasteiger partial charge in [-0.25, -0.2) is 0 Å². The molecule has 0 fully saturated rings. The summed E-state index contributed by atoms with van der Waals surface area (Å²) >= 11 is 0. The van der Waals surface area contributed by atoms with Gasteiger partial charge in [-0.05, 0) is 27.4 Å². The molecule has 0 heteroatoms. The van der Waals surface area contributed by atoms with Gasteiger partial charge in [-0.3, -0.25) is 0 Å². The summed E-state index contributed by atoms with van der Waals surface area (Å²) in [6, 6.07) is 9.14. The molecule has 18 heavy (non-hydrogen) atoms. The van der Waals surface area contributed by atoms with Crippen molar-refractivity contribution >= 4 is 0 Å². The van der Waals surface area contributed by atoms with Crippen LogP contribution in [0.2, 0.25) is 0 Å². The molecule has 0 nitrogen and oxygen atoms in total. The third kappa shape index (κ3) is 2.79. The lowest BCUT2D eigenvalue weighted by molar-refractivity contribution is 0.189. The van der Waals surface area contributed by atoms with Gasteiger partial charge in [-0.15, -0.1) is 0 Å². The highest BCUT2D eigenvalue weighted by atomic mass is 14.4. The van der Waals surface area contributed by atoms with E-state index in [2.05, 4.69) is 79.7 Å². The van der Waals surface area contributed by atoms with E-state index in [-0.39, 0.29) is 10.8 Å². The average molecular weight is 246 g/mol. The molecular formula is C18H30. The Morgan fingerprint density at radius 1 is 0.833 bits per heavy atom. The van der Waals surface area contributed by atoms with E-state index in [1.54, 1.807) is 0 Å². The van der Waals surface area contributed by atoms with Crippen molar-refractivity contribution in [3.05, 3.63) is 35.4 Å². The van der Waals surface area contributed by atoms with Gasteiger partial charge in [-0.1, -0.05) is 86.1 Å². The molecule has 102 valence electrons. The molecule has 0 aliphatic rings. The van der Waals surface area contributed by atoms with Crippen molar-refractivity contribution in [3.63, 3.8) is 0 Å². The second-order valence-corrected chi connectivity index (χ2v) is 7.69. The van der Waals surface area contributed by atoms with Crippen molar-refractivity contribution in [1.29, 1.82) is 0 Å². The van der Waals surface area contributed by atoms with Crippen LogP contribution in [-0.4, -0.2) is 0 Å². The van der Waals surface area contributed by atoms with E-state index in [0.29, 0.717) is 5.41 Å². The van der Waals surface area contributed by atoms with Gasteiger partial charge in [0.2, 0.25) is 0 Å². The van der Waals surface area contributed by atoms with Gasteiger partial charge < -0.3 is 0 Å². The van der Waals surface area contributed by atoms with Crippen LogP contribution in [0.1, 0.15) is 72.9 Å². The molecule has 0 bridgehead atoms. The summed E-state index contributed by atoms with van der Waals surface area (Å²) in [5.74, 6) is 0. The minimum absolute atomic E-state index is 0.197. The van der Waals surface area contributed by atoms with Gasteiger partial charge in [0.15, 0.2) is 0 Å². The molecular weight excluding hydrogens is 216 g/mol. The van der Waals surface area contributed by atoms with E-state index < -0.39 is 0 Å². The van der Waals surface area contributed by atoms with Crippen LogP contribution in [0, 0.1) is 5.41 Å². The van der Waals surface area contributed by atoms with Crippen LogP contribution in [0.3, 0.4) is 0 Å². The number of hydrogen-bond donors (Lipinski definition) is 0. The van der Waals surface area contributed by atoms with Gasteiger partial charge in [-0.2, -0.15) is 0 Å². The smallest absolute Gasteiger partial charge is 0.00524 e. The Morgan fingerprint density at radius 2 is 1.33 bits per heavy atom. The molecule has 0 atom stereocenters. The predicted octanol–water partition coefficient (Wildman–Crippen LogP) is 5.70. The normalized spacial score (nSPS) is 13.8. The molecule has 1 aromatic rings. The third-order valence-corrected chi connectivity index (χ3v) is 5.03. The van der Waals surface area contributed by atoms with Crippen LogP contribution in [0.15, 0.2) is 24.3 Å². The number of benzene rings is 1. The van der Waals surface area contributed by atoms with Crippen molar-refractivity contribution in [3.8, 4) is 0 Å². The zero-order chi connectivity index (χ0) is 14.2. The maximum absolute atomic E-state index is 2.40. The Hall–Kier alpha value is -0.780. The molecule has 0 N–H and O–H groups in total. The highest BCUT2D eigenvalue weighted by Gasteiger charge is 2.37. The molecule has 0 radical (unpaired) electrons. The molecule has 0 unspecified atom stereocenters. The van der Waals surface area contributed by atoms with Crippen LogP contribution in [0.25, 0.3) is 0 Å². The lowest BCUT2D eigenvalue weighted by Crippen LogP contribution is -2.36. The van der Waals surface area contributed by atoms with Crippen molar-refractivity contribution in [2.75, 3.05) is 0 Å². The molecule has 0 aliphatic carbocycles. The van der Waals surface area contributed by atoms with Crippen molar-refractivity contribution in [1.82, 2.24) is 0 Å². The molecule has 0 amide bonds. The maximum atomic E-state index is 2.40. The third-order valence-electron chi connectivity index (χ3n) is 5.03. The first-order valence-corrected chi connectivity index (χ1v) is 7.13. The van der Waals surface area contributed by atoms with Gasteiger partial charge in [0.1, 0.15) is 0 Å². The van der Waals surface area contributed by atoms with E-state index in [4.69, 9.17) is 0 Å².